The Balaban J connectivity index is 3.76. The topological polar surface area (TPSA) is 201 Å². The van der Waals surface area contributed by atoms with Gasteiger partial charge >= 0.3 is 226 Å². The number of unbranched alkanes of at least 4 members (excludes halogenated alkanes) is 26. The number of nitrogens with one attached hydrogen (secondary N) is 4. The van der Waals surface area contributed by atoms with Crippen molar-refractivity contribution in [3.63, 3.8) is 0 Å². The van der Waals surface area contributed by atoms with Gasteiger partial charge in [-0.1, -0.05) is 122 Å². The van der Waals surface area contributed by atoms with Crippen LogP contribution in [0.2, 0.25) is 13.6 Å². The Morgan fingerprint density at radius 3 is 1.42 bits per heavy atom. The van der Waals surface area contributed by atoms with Crippen LogP contribution in [0.4, 0.5) is 0 Å². The fraction of sp³-hybridized carbons (Fsp3) is 0.943. The van der Waals surface area contributed by atoms with Gasteiger partial charge in [0.15, 0.2) is 0 Å². The van der Waals surface area contributed by atoms with Crippen molar-refractivity contribution < 1.29 is 43.2 Å². The zero-order chi connectivity index (χ0) is 52.5. The van der Waals surface area contributed by atoms with Crippen molar-refractivity contribution in [2.24, 2.45) is 15.8 Å². The van der Waals surface area contributed by atoms with Crippen molar-refractivity contribution in [1.82, 2.24) is 21.1 Å². The van der Waals surface area contributed by atoms with E-state index in [1.165, 1.54) is 116 Å². The molecule has 1 atom stereocenters. The molecule has 0 aromatic heterocycles. The van der Waals surface area contributed by atoms with Gasteiger partial charge in [0, 0.05) is 20.1 Å². The molecule has 0 spiro atoms. The Kier molecular flexibility index (Phi) is 56.6. The number of nitrogens with zero attached hydrogens (tertiary/aromatic N) is 2. The van der Waals surface area contributed by atoms with Gasteiger partial charge in [0.25, 0.3) is 0 Å². The van der Waals surface area contributed by atoms with Gasteiger partial charge in [-0.15, -0.1) is 0 Å². The van der Waals surface area contributed by atoms with Crippen LogP contribution in [0.5, 0.6) is 0 Å². The summed E-state index contributed by atoms with van der Waals surface area (Å²) in [5.41, 5.74) is 0.590. The number of hydrogen-bond donors (Lipinski definition) is 6. The molecular formula is C53H108B4N6O9. The first-order chi connectivity index (χ1) is 35.3. The molecular weight excluding hydrogens is 908 g/mol. The summed E-state index contributed by atoms with van der Waals surface area (Å²) in [5, 5.41) is 30.8. The maximum absolute atomic E-state index is 12.4. The molecule has 0 aliphatic rings. The molecule has 0 aliphatic heterocycles. The van der Waals surface area contributed by atoms with E-state index in [0.717, 1.165) is 110 Å². The van der Waals surface area contributed by atoms with Crippen LogP contribution in [-0.4, -0.2) is 142 Å². The number of hydrogen-bond acceptors (Lipinski definition) is 13. The summed E-state index contributed by atoms with van der Waals surface area (Å²) in [6.07, 6.45) is 38.7. The third kappa shape index (κ3) is 57.3. The van der Waals surface area contributed by atoms with Gasteiger partial charge in [-0.25, -0.2) is 0 Å². The van der Waals surface area contributed by atoms with Crippen molar-refractivity contribution in [1.29, 1.82) is 0 Å². The van der Waals surface area contributed by atoms with Crippen LogP contribution in [0, 0.1) is 5.92 Å². The van der Waals surface area contributed by atoms with Gasteiger partial charge in [-0.05, 0) is 12.8 Å². The quantitative estimate of drug-likeness (QED) is 0.0193. The van der Waals surface area contributed by atoms with E-state index < -0.39 is 14.1 Å². The zero-order valence-corrected chi connectivity index (χ0v) is 46.6. The van der Waals surface area contributed by atoms with E-state index >= 15 is 0 Å². The summed E-state index contributed by atoms with van der Waals surface area (Å²) in [4.78, 5) is 33.5. The van der Waals surface area contributed by atoms with Gasteiger partial charge in [-0.3, -0.25) is 4.79 Å². The minimum absolute atomic E-state index is 0.0690. The summed E-state index contributed by atoms with van der Waals surface area (Å²) in [5.74, 6) is 0.478. The van der Waals surface area contributed by atoms with E-state index in [1.54, 1.807) is 28.0 Å². The first-order valence-electron chi connectivity index (χ1n) is 29.4. The molecule has 15 nitrogen and oxygen atoms in total. The second kappa shape index (κ2) is 58.3. The second-order valence-corrected chi connectivity index (χ2v) is 20.0. The van der Waals surface area contributed by atoms with E-state index in [4.69, 9.17) is 18.9 Å². The van der Waals surface area contributed by atoms with Crippen molar-refractivity contribution in [2.75, 3.05) is 86.0 Å². The summed E-state index contributed by atoms with van der Waals surface area (Å²) in [6.45, 7) is 10.8. The molecule has 6 N–H and O–H groups in total. The molecule has 0 saturated heterocycles. The molecule has 2 amide bonds. The average Bonchev–Trinajstić information content (AvgIpc) is 3.36. The monoisotopic (exact) mass is 1020 g/mol. The molecule has 0 aliphatic carbocycles. The van der Waals surface area contributed by atoms with Crippen LogP contribution >= 0.6 is 0 Å². The minimum atomic E-state index is -0.531. The van der Waals surface area contributed by atoms with Crippen LogP contribution in [0.1, 0.15) is 218 Å². The molecule has 0 saturated carbocycles. The van der Waals surface area contributed by atoms with E-state index in [9.17, 15) is 24.3 Å². The Labute approximate surface area is 442 Å². The number of ether oxygens (including phenoxy) is 3. The van der Waals surface area contributed by atoms with Crippen molar-refractivity contribution in [3.05, 3.63) is 0 Å². The molecule has 0 fully saturated rings. The number of carbonyl (C=O) groups excluding carboxylic acids is 2. The predicted molar refractivity (Wildman–Crippen MR) is 301 cm³/mol. The number of aliphatic imine (C=N–C) groups is 1. The van der Waals surface area contributed by atoms with Crippen molar-refractivity contribution in [3.8, 4) is 0 Å². The van der Waals surface area contributed by atoms with Crippen LogP contribution in [0.25, 0.3) is 0 Å². The fourth-order valence-electron chi connectivity index (χ4n) is 8.44. The van der Waals surface area contributed by atoms with Gasteiger partial charge in [0.05, 0.1) is 33.0 Å². The van der Waals surface area contributed by atoms with E-state index in [-0.39, 0.29) is 17.7 Å². The third-order valence-electron chi connectivity index (χ3n) is 12.9. The number of methoxy groups -OCH3 is 1. The number of carbonyl (C=O) groups is 2. The molecule has 0 radical (unpaired) electrons. The first kappa shape index (κ1) is 70.0. The van der Waals surface area contributed by atoms with Gasteiger partial charge in [0.2, 0.25) is 5.91 Å². The Morgan fingerprint density at radius 1 is 0.486 bits per heavy atom. The average molecular weight is 1020 g/mol. The van der Waals surface area contributed by atoms with Crippen LogP contribution in [0.15, 0.2) is 9.89 Å². The molecule has 1 unspecified atom stereocenters. The summed E-state index contributed by atoms with van der Waals surface area (Å²) < 4.78 is 33.0. The second-order valence-electron chi connectivity index (χ2n) is 20.0. The van der Waals surface area contributed by atoms with Crippen molar-refractivity contribution in [2.45, 2.75) is 232 Å². The zero-order valence-electron chi connectivity index (χ0n) is 46.6. The first-order valence-corrected chi connectivity index (χ1v) is 29.4. The summed E-state index contributed by atoms with van der Waals surface area (Å²) in [7, 11) is 3.07. The summed E-state index contributed by atoms with van der Waals surface area (Å²) in [6, 6.07) is 0. The Hall–Kier alpha value is -2.01. The molecule has 416 valence electrons. The molecule has 0 heterocycles. The summed E-state index contributed by atoms with van der Waals surface area (Å²) >= 11 is 0. The molecule has 19 heteroatoms. The van der Waals surface area contributed by atoms with E-state index in [0.29, 0.717) is 84.1 Å². The molecule has 0 bridgehead atoms. The Bertz CT molecular complexity index is 1250. The van der Waals surface area contributed by atoms with Gasteiger partial charge in [0.1, 0.15) is 0 Å². The fourth-order valence-corrected chi connectivity index (χ4v) is 8.44. The predicted octanol–water partition coefficient (Wildman–Crippen LogP) is 9.45. The van der Waals surface area contributed by atoms with E-state index in [1.807, 2.05) is 0 Å². The van der Waals surface area contributed by atoms with Crippen LogP contribution < -0.4 is 21.1 Å². The maximum atomic E-state index is 12.4. The van der Waals surface area contributed by atoms with Crippen LogP contribution in [-0.2, 0) is 33.2 Å². The standard InChI is InChI=1S/C53H108B4N6O9/c1-56(67)62-40-31-25-33-42-72-55-61-49-50(48-60-51(54-66)35-28-32-41-63-57(2)68)34-26-22-24-30-38-58-52(64)36-27-21-19-17-15-13-11-9-7-5-4-6-8-10-12-14-16-18-20-23-29-39-59-53(65)37-43-70-46-47-71-45-44-69-3/h50,62-63,67-68H,4-49H2,1-3H3,(H,58,64)(H,59,65). The van der Waals surface area contributed by atoms with E-state index in [2.05, 4.69) is 31.0 Å². The molecule has 0 aromatic rings. The number of amides is 2. The number of rotatable bonds is 59. The molecule has 0 aromatic carbocycles. The SMILES string of the molecule is COCCOCCOCCC(=O)NCCCCCCCCCCCCCCCCCCCCCCCC(=O)NCCCCCCC(CN=C(B=O)CCCCNB(C)O)C/N=B\OCCCCCNB(C)O. The van der Waals surface area contributed by atoms with Crippen molar-refractivity contribution >= 4 is 46.0 Å². The normalized spacial score (nSPS) is 12.0. The van der Waals surface area contributed by atoms with Gasteiger partial charge < -0.3 is 19.5 Å². The molecule has 72 heavy (non-hydrogen) atoms. The molecule has 0 rings (SSSR count). The Morgan fingerprint density at radius 2 is 0.903 bits per heavy atom. The van der Waals surface area contributed by atoms with Crippen LogP contribution in [0.3, 0.4) is 0 Å². The van der Waals surface area contributed by atoms with Gasteiger partial charge in [-0.2, -0.15) is 0 Å². The third-order valence-corrected chi connectivity index (χ3v) is 12.9.